The SMILES string of the molecule is CC(C)Cn1c(C(=O)NCc2ccc(Cl)cc2)nnc1N1CCOC(C)C1. The summed E-state index contributed by atoms with van der Waals surface area (Å²) in [5, 5.41) is 12.1. The minimum absolute atomic E-state index is 0.130. The van der Waals surface area contributed by atoms with E-state index in [-0.39, 0.29) is 12.0 Å². The Morgan fingerprint density at radius 3 is 2.74 bits per heavy atom. The molecule has 8 heteroatoms. The average molecular weight is 392 g/mol. The number of carbonyl (C=O) groups excluding carboxylic acids is 1. The van der Waals surface area contributed by atoms with Crippen LogP contribution in [0.15, 0.2) is 24.3 Å². The molecule has 1 aromatic carbocycles. The fourth-order valence-corrected chi connectivity index (χ4v) is 3.22. The number of hydrogen-bond donors (Lipinski definition) is 1. The third kappa shape index (κ3) is 4.99. The van der Waals surface area contributed by atoms with Crippen molar-refractivity contribution < 1.29 is 9.53 Å². The van der Waals surface area contributed by atoms with Gasteiger partial charge >= 0.3 is 0 Å². The maximum absolute atomic E-state index is 12.7. The highest BCUT2D eigenvalue weighted by Crippen LogP contribution is 2.19. The first-order valence-electron chi connectivity index (χ1n) is 9.26. The van der Waals surface area contributed by atoms with Crippen LogP contribution in [-0.4, -0.2) is 46.5 Å². The van der Waals surface area contributed by atoms with Crippen molar-refractivity contribution in [3.05, 3.63) is 40.7 Å². The van der Waals surface area contributed by atoms with E-state index in [1.165, 1.54) is 0 Å². The molecular weight excluding hydrogens is 366 g/mol. The molecule has 0 radical (unpaired) electrons. The van der Waals surface area contributed by atoms with Crippen LogP contribution < -0.4 is 10.2 Å². The predicted octanol–water partition coefficient (Wildman–Crippen LogP) is 2.74. The number of halogens is 1. The highest BCUT2D eigenvalue weighted by Gasteiger charge is 2.26. The van der Waals surface area contributed by atoms with Crippen LogP contribution in [0.2, 0.25) is 5.02 Å². The second-order valence-electron chi connectivity index (χ2n) is 7.26. The van der Waals surface area contributed by atoms with Gasteiger partial charge in [0, 0.05) is 31.2 Å². The first kappa shape index (κ1) is 19.6. The maximum Gasteiger partial charge on any atom is 0.289 e. The van der Waals surface area contributed by atoms with Crippen LogP contribution in [0, 0.1) is 5.92 Å². The smallest absolute Gasteiger partial charge is 0.289 e. The van der Waals surface area contributed by atoms with Gasteiger partial charge in [0.05, 0.1) is 12.7 Å². The Hall–Kier alpha value is -2.12. The van der Waals surface area contributed by atoms with Crippen molar-refractivity contribution in [1.82, 2.24) is 20.1 Å². The molecule has 7 nitrogen and oxygen atoms in total. The summed E-state index contributed by atoms with van der Waals surface area (Å²) in [6, 6.07) is 7.40. The van der Waals surface area contributed by atoms with Gasteiger partial charge in [-0.25, -0.2) is 0 Å². The molecule has 0 bridgehead atoms. The summed E-state index contributed by atoms with van der Waals surface area (Å²) < 4.78 is 7.53. The molecule has 1 atom stereocenters. The van der Waals surface area contributed by atoms with Crippen molar-refractivity contribution in [2.75, 3.05) is 24.6 Å². The van der Waals surface area contributed by atoms with Crippen molar-refractivity contribution >= 4 is 23.5 Å². The van der Waals surface area contributed by atoms with Crippen molar-refractivity contribution in [3.63, 3.8) is 0 Å². The van der Waals surface area contributed by atoms with Gasteiger partial charge in [0.15, 0.2) is 0 Å². The van der Waals surface area contributed by atoms with Gasteiger partial charge in [0.2, 0.25) is 11.8 Å². The molecule has 1 aromatic heterocycles. The van der Waals surface area contributed by atoms with Crippen LogP contribution >= 0.6 is 11.6 Å². The van der Waals surface area contributed by atoms with E-state index < -0.39 is 0 Å². The van der Waals surface area contributed by atoms with Gasteiger partial charge in [-0.05, 0) is 30.5 Å². The number of carbonyl (C=O) groups is 1. The van der Waals surface area contributed by atoms with Crippen molar-refractivity contribution in [3.8, 4) is 0 Å². The molecule has 1 unspecified atom stereocenters. The third-order valence-electron chi connectivity index (χ3n) is 4.37. The quantitative estimate of drug-likeness (QED) is 0.819. The van der Waals surface area contributed by atoms with Crippen LogP contribution in [0.5, 0.6) is 0 Å². The van der Waals surface area contributed by atoms with Crippen LogP contribution in [-0.2, 0) is 17.8 Å². The standard InChI is InChI=1S/C19H26ClN5O2/c1-13(2)11-25-17(18(26)21-10-15-4-6-16(20)7-5-15)22-23-19(25)24-8-9-27-14(3)12-24/h4-7,13-14H,8-12H2,1-3H3,(H,21,26). The fraction of sp³-hybridized carbons (Fsp3) is 0.526. The topological polar surface area (TPSA) is 72.3 Å². The van der Waals surface area contributed by atoms with Crippen molar-refractivity contribution in [2.45, 2.75) is 40.0 Å². The van der Waals surface area contributed by atoms with E-state index in [4.69, 9.17) is 16.3 Å². The summed E-state index contributed by atoms with van der Waals surface area (Å²) in [5.41, 5.74) is 0.977. The lowest BCUT2D eigenvalue weighted by molar-refractivity contribution is 0.0523. The fourth-order valence-electron chi connectivity index (χ4n) is 3.09. The summed E-state index contributed by atoms with van der Waals surface area (Å²) in [7, 11) is 0. The Labute approximate surface area is 164 Å². The molecule has 1 fully saturated rings. The Balaban J connectivity index is 1.76. The molecule has 0 spiro atoms. The molecular formula is C19H26ClN5O2. The molecule has 1 amide bonds. The molecule has 3 rings (SSSR count). The Bertz CT molecular complexity index is 775. The van der Waals surface area contributed by atoms with Crippen LogP contribution in [0.4, 0.5) is 5.95 Å². The lowest BCUT2D eigenvalue weighted by Crippen LogP contribution is -2.42. The number of ether oxygens (including phenoxy) is 1. The van der Waals surface area contributed by atoms with Gasteiger partial charge in [-0.1, -0.05) is 37.6 Å². The zero-order chi connectivity index (χ0) is 19.4. The summed E-state index contributed by atoms with van der Waals surface area (Å²) >= 11 is 5.90. The first-order valence-corrected chi connectivity index (χ1v) is 9.64. The number of rotatable bonds is 6. The first-order chi connectivity index (χ1) is 12.9. The minimum Gasteiger partial charge on any atom is -0.375 e. The second kappa shape index (κ2) is 8.71. The third-order valence-corrected chi connectivity index (χ3v) is 4.62. The zero-order valence-electron chi connectivity index (χ0n) is 16.0. The van der Waals surface area contributed by atoms with E-state index in [1.807, 2.05) is 35.8 Å². The largest absolute Gasteiger partial charge is 0.375 e. The molecule has 1 saturated heterocycles. The molecule has 1 aliphatic heterocycles. The lowest BCUT2D eigenvalue weighted by atomic mass is 10.2. The van der Waals surface area contributed by atoms with Crippen LogP contribution in [0.1, 0.15) is 37.0 Å². The van der Waals surface area contributed by atoms with E-state index in [0.29, 0.717) is 36.5 Å². The highest BCUT2D eigenvalue weighted by atomic mass is 35.5. The van der Waals surface area contributed by atoms with E-state index in [1.54, 1.807) is 0 Å². The van der Waals surface area contributed by atoms with Gasteiger partial charge < -0.3 is 15.0 Å². The van der Waals surface area contributed by atoms with Crippen molar-refractivity contribution in [2.24, 2.45) is 5.92 Å². The van der Waals surface area contributed by atoms with Gasteiger partial charge in [-0.15, -0.1) is 10.2 Å². The number of aromatic nitrogens is 3. The van der Waals surface area contributed by atoms with Gasteiger partial charge in [-0.3, -0.25) is 9.36 Å². The zero-order valence-corrected chi connectivity index (χ0v) is 16.7. The number of anilines is 1. The predicted molar refractivity (Wildman–Crippen MR) is 105 cm³/mol. The number of nitrogens with one attached hydrogen (secondary N) is 1. The normalized spacial score (nSPS) is 17.4. The maximum atomic E-state index is 12.7. The van der Waals surface area contributed by atoms with E-state index in [2.05, 4.69) is 34.3 Å². The minimum atomic E-state index is -0.231. The number of hydrogen-bond acceptors (Lipinski definition) is 5. The van der Waals surface area contributed by atoms with Gasteiger partial charge in [0.1, 0.15) is 0 Å². The lowest BCUT2D eigenvalue weighted by Gasteiger charge is -2.32. The molecule has 0 saturated carbocycles. The molecule has 1 N–H and O–H groups in total. The number of amides is 1. The summed E-state index contributed by atoms with van der Waals surface area (Å²) in [6.07, 6.45) is 0.130. The molecule has 146 valence electrons. The highest BCUT2D eigenvalue weighted by molar-refractivity contribution is 6.30. The van der Waals surface area contributed by atoms with E-state index >= 15 is 0 Å². The number of nitrogens with zero attached hydrogens (tertiary/aromatic N) is 4. The second-order valence-corrected chi connectivity index (χ2v) is 7.70. The summed E-state index contributed by atoms with van der Waals surface area (Å²) in [6.45, 7) is 9.48. The molecule has 1 aliphatic rings. The molecule has 27 heavy (non-hydrogen) atoms. The average Bonchev–Trinajstić information content (AvgIpc) is 3.04. The van der Waals surface area contributed by atoms with Crippen LogP contribution in [0.25, 0.3) is 0 Å². The van der Waals surface area contributed by atoms with Crippen molar-refractivity contribution in [1.29, 1.82) is 0 Å². The monoisotopic (exact) mass is 391 g/mol. The Morgan fingerprint density at radius 1 is 1.33 bits per heavy atom. The molecule has 2 aromatic rings. The van der Waals surface area contributed by atoms with E-state index in [0.717, 1.165) is 24.6 Å². The molecule has 2 heterocycles. The number of morpholine rings is 1. The summed E-state index contributed by atoms with van der Waals surface area (Å²) in [4.78, 5) is 14.9. The Morgan fingerprint density at radius 2 is 2.07 bits per heavy atom. The van der Waals surface area contributed by atoms with Gasteiger partial charge in [-0.2, -0.15) is 0 Å². The summed E-state index contributed by atoms with van der Waals surface area (Å²) in [5.74, 6) is 1.20. The Kier molecular flexibility index (Phi) is 6.34. The van der Waals surface area contributed by atoms with E-state index in [9.17, 15) is 4.79 Å². The number of benzene rings is 1. The van der Waals surface area contributed by atoms with Crippen LogP contribution in [0.3, 0.4) is 0 Å². The molecule has 0 aliphatic carbocycles. The van der Waals surface area contributed by atoms with Gasteiger partial charge in [0.25, 0.3) is 5.91 Å².